The lowest BCUT2D eigenvalue weighted by Gasteiger charge is -2.34. The van der Waals surface area contributed by atoms with Crippen molar-refractivity contribution >= 4 is 5.91 Å². The van der Waals surface area contributed by atoms with Gasteiger partial charge in [0, 0.05) is 33.3 Å². The van der Waals surface area contributed by atoms with Crippen molar-refractivity contribution in [3.63, 3.8) is 0 Å². The Morgan fingerprint density at radius 1 is 1.19 bits per heavy atom. The van der Waals surface area contributed by atoms with E-state index in [0.717, 1.165) is 41.1 Å². The first kappa shape index (κ1) is 18.8. The highest BCUT2D eigenvalue weighted by Crippen LogP contribution is 2.19. The molecule has 1 atom stereocenters. The molecule has 0 aromatic carbocycles. The van der Waals surface area contributed by atoms with Crippen molar-refractivity contribution in [2.24, 2.45) is 14.1 Å². The minimum Gasteiger partial charge on any atom is -0.384 e. The second kappa shape index (κ2) is 7.34. The van der Waals surface area contributed by atoms with E-state index in [2.05, 4.69) is 4.90 Å². The number of β-amino-alcohol motifs (C(OH)–C–C–N with tert-alkyl or cyclic N) is 1. The molecule has 26 heavy (non-hydrogen) atoms. The van der Waals surface area contributed by atoms with Crippen LogP contribution in [0.4, 0.5) is 0 Å². The van der Waals surface area contributed by atoms with Crippen molar-refractivity contribution in [2.75, 3.05) is 45.9 Å². The number of nitrogens with zero attached hydrogens (tertiary/aromatic N) is 4. The molecule has 1 amide bonds. The summed E-state index contributed by atoms with van der Waals surface area (Å²) in [7, 11) is 2.83. The summed E-state index contributed by atoms with van der Waals surface area (Å²) < 4.78 is 7.64. The first-order chi connectivity index (χ1) is 12.3. The standard InChI is InChI=1S/C17H26N4O5/c1-18-13(9-14(22)19(2)16(18)24)15(23)21-7-8-26-12-17(25,11-21)10-20-5-3-4-6-20/h9,25H,3-8,10-12H2,1-2H3. The third kappa shape index (κ3) is 3.74. The monoisotopic (exact) mass is 366 g/mol. The number of amides is 1. The number of carbonyl (C=O) groups excluding carboxylic acids is 1. The lowest BCUT2D eigenvalue weighted by atomic mass is 10.0. The maximum absolute atomic E-state index is 13.0. The van der Waals surface area contributed by atoms with Crippen molar-refractivity contribution in [3.8, 4) is 0 Å². The minimum absolute atomic E-state index is 0.0172. The summed E-state index contributed by atoms with van der Waals surface area (Å²) in [6.45, 7) is 3.15. The molecule has 2 aliphatic heterocycles. The van der Waals surface area contributed by atoms with Crippen LogP contribution in [0.3, 0.4) is 0 Å². The number of likely N-dealkylation sites (tertiary alicyclic amines) is 1. The van der Waals surface area contributed by atoms with E-state index in [9.17, 15) is 19.5 Å². The van der Waals surface area contributed by atoms with E-state index in [1.54, 1.807) is 0 Å². The van der Waals surface area contributed by atoms with Gasteiger partial charge in [-0.15, -0.1) is 0 Å². The van der Waals surface area contributed by atoms with Gasteiger partial charge >= 0.3 is 5.69 Å². The summed E-state index contributed by atoms with van der Waals surface area (Å²) in [6, 6.07) is 1.16. The SMILES string of the molecule is Cn1c(C(=O)N2CCOCC(O)(CN3CCCC3)C2)cc(=O)n(C)c1=O. The van der Waals surface area contributed by atoms with Gasteiger partial charge in [0.2, 0.25) is 0 Å². The summed E-state index contributed by atoms with van der Waals surface area (Å²) >= 11 is 0. The molecule has 1 N–H and O–H groups in total. The fourth-order valence-electron chi connectivity index (χ4n) is 3.64. The zero-order valence-electron chi connectivity index (χ0n) is 15.3. The summed E-state index contributed by atoms with van der Waals surface area (Å²) in [4.78, 5) is 40.6. The maximum atomic E-state index is 13.0. The largest absolute Gasteiger partial charge is 0.384 e. The molecule has 2 saturated heterocycles. The predicted octanol–water partition coefficient (Wildman–Crippen LogP) is -1.62. The third-order valence-electron chi connectivity index (χ3n) is 5.11. The molecular formula is C17H26N4O5. The Labute approximate surface area is 151 Å². The normalized spacial score (nSPS) is 24.7. The molecule has 2 aliphatic rings. The van der Waals surface area contributed by atoms with Crippen LogP contribution in [0.25, 0.3) is 0 Å². The molecule has 0 radical (unpaired) electrons. The molecule has 0 bridgehead atoms. The molecule has 3 heterocycles. The number of hydrogen-bond donors (Lipinski definition) is 1. The van der Waals surface area contributed by atoms with Gasteiger partial charge in [0.05, 0.1) is 19.8 Å². The molecule has 1 aromatic rings. The minimum atomic E-state index is -1.17. The summed E-state index contributed by atoms with van der Waals surface area (Å²) in [5.41, 5.74) is -2.24. The van der Waals surface area contributed by atoms with Gasteiger partial charge in [-0.05, 0) is 25.9 Å². The fourth-order valence-corrected chi connectivity index (χ4v) is 3.64. The zero-order chi connectivity index (χ0) is 18.9. The predicted molar refractivity (Wildman–Crippen MR) is 94.3 cm³/mol. The van der Waals surface area contributed by atoms with E-state index in [0.29, 0.717) is 19.7 Å². The smallest absolute Gasteiger partial charge is 0.331 e. The van der Waals surface area contributed by atoms with E-state index >= 15 is 0 Å². The van der Waals surface area contributed by atoms with Crippen LogP contribution < -0.4 is 11.2 Å². The number of ether oxygens (including phenoxy) is 1. The van der Waals surface area contributed by atoms with E-state index in [4.69, 9.17) is 4.74 Å². The molecule has 1 unspecified atom stereocenters. The van der Waals surface area contributed by atoms with Gasteiger partial charge in [0.15, 0.2) is 0 Å². The van der Waals surface area contributed by atoms with Crippen LogP contribution in [0, 0.1) is 0 Å². The highest BCUT2D eigenvalue weighted by Gasteiger charge is 2.37. The van der Waals surface area contributed by atoms with Crippen molar-refractivity contribution in [1.82, 2.24) is 18.9 Å². The van der Waals surface area contributed by atoms with Crippen LogP contribution in [0.2, 0.25) is 0 Å². The second-order valence-electron chi connectivity index (χ2n) is 7.26. The Balaban J connectivity index is 1.84. The van der Waals surface area contributed by atoms with E-state index in [-0.39, 0.29) is 18.8 Å². The molecule has 1 aromatic heterocycles. The molecule has 9 nitrogen and oxygen atoms in total. The van der Waals surface area contributed by atoms with E-state index in [1.165, 1.54) is 19.0 Å². The average Bonchev–Trinajstić information content (AvgIpc) is 3.03. The number of aliphatic hydroxyl groups is 1. The lowest BCUT2D eigenvalue weighted by Crippen LogP contribution is -2.53. The van der Waals surface area contributed by atoms with Crippen LogP contribution in [-0.4, -0.2) is 81.5 Å². The number of aromatic nitrogens is 2. The highest BCUT2D eigenvalue weighted by atomic mass is 16.5. The Hall–Kier alpha value is -1.97. The van der Waals surface area contributed by atoms with Crippen molar-refractivity contribution in [2.45, 2.75) is 18.4 Å². The van der Waals surface area contributed by atoms with Gasteiger partial charge < -0.3 is 19.6 Å². The molecule has 2 fully saturated rings. The van der Waals surface area contributed by atoms with E-state index < -0.39 is 22.8 Å². The van der Waals surface area contributed by atoms with Crippen molar-refractivity contribution in [3.05, 3.63) is 32.6 Å². The summed E-state index contributed by atoms with van der Waals surface area (Å²) in [5, 5.41) is 11.0. The average molecular weight is 366 g/mol. The van der Waals surface area contributed by atoms with Gasteiger partial charge in [0.25, 0.3) is 11.5 Å². The van der Waals surface area contributed by atoms with Crippen LogP contribution >= 0.6 is 0 Å². The van der Waals surface area contributed by atoms with E-state index in [1.807, 2.05) is 0 Å². The third-order valence-corrected chi connectivity index (χ3v) is 5.11. The Kier molecular flexibility index (Phi) is 5.31. The van der Waals surface area contributed by atoms with Crippen molar-refractivity contribution in [1.29, 1.82) is 0 Å². The quantitative estimate of drug-likeness (QED) is 0.691. The molecule has 0 saturated carbocycles. The van der Waals surface area contributed by atoms with Crippen LogP contribution in [-0.2, 0) is 18.8 Å². The van der Waals surface area contributed by atoms with Gasteiger partial charge in [0.1, 0.15) is 11.3 Å². The Morgan fingerprint density at radius 3 is 2.58 bits per heavy atom. The molecule has 3 rings (SSSR count). The van der Waals surface area contributed by atoms with Crippen LogP contribution in [0.15, 0.2) is 15.7 Å². The molecular weight excluding hydrogens is 340 g/mol. The van der Waals surface area contributed by atoms with Gasteiger partial charge in [-0.1, -0.05) is 0 Å². The number of carbonyl (C=O) groups is 1. The summed E-state index contributed by atoms with van der Waals surface area (Å²) in [5.74, 6) is -0.451. The maximum Gasteiger partial charge on any atom is 0.331 e. The number of rotatable bonds is 3. The molecule has 0 aliphatic carbocycles. The van der Waals surface area contributed by atoms with Gasteiger partial charge in [-0.2, -0.15) is 0 Å². The zero-order valence-corrected chi connectivity index (χ0v) is 15.3. The lowest BCUT2D eigenvalue weighted by molar-refractivity contribution is -0.0525. The molecule has 144 valence electrons. The van der Waals surface area contributed by atoms with Crippen LogP contribution in [0.5, 0.6) is 0 Å². The topological polar surface area (TPSA) is 97.0 Å². The first-order valence-electron chi connectivity index (χ1n) is 8.89. The fraction of sp³-hybridized carbons (Fsp3) is 0.706. The van der Waals surface area contributed by atoms with Crippen molar-refractivity contribution < 1.29 is 14.6 Å². The Bertz CT molecular complexity index is 795. The second-order valence-corrected chi connectivity index (χ2v) is 7.26. The summed E-state index contributed by atoms with van der Waals surface area (Å²) in [6.07, 6.45) is 2.21. The Morgan fingerprint density at radius 2 is 1.88 bits per heavy atom. The highest BCUT2D eigenvalue weighted by molar-refractivity contribution is 5.92. The molecule has 0 spiro atoms. The first-order valence-corrected chi connectivity index (χ1v) is 8.89. The molecule has 9 heteroatoms. The van der Waals surface area contributed by atoms with Crippen LogP contribution in [0.1, 0.15) is 23.3 Å². The van der Waals surface area contributed by atoms with Gasteiger partial charge in [-0.3, -0.25) is 18.7 Å². The van der Waals surface area contributed by atoms with Gasteiger partial charge in [-0.25, -0.2) is 4.79 Å². The number of hydrogen-bond acceptors (Lipinski definition) is 6.